The number of aliphatic hydroxyl groups excluding tert-OH is 1. The van der Waals surface area contributed by atoms with Crippen LogP contribution in [0.5, 0.6) is 0 Å². The average Bonchev–Trinajstić information content (AvgIpc) is 3.27. The highest BCUT2D eigenvalue weighted by atomic mass is 16.3. The minimum absolute atomic E-state index is 0.193. The van der Waals surface area contributed by atoms with Crippen LogP contribution in [0.2, 0.25) is 0 Å². The molecular formula is C29H26N2O2. The first-order valence-corrected chi connectivity index (χ1v) is 11.0. The first-order valence-electron chi connectivity index (χ1n) is 11.0. The maximum Gasteiger partial charge on any atom is 0.219 e. The molecule has 0 radical (unpaired) electrons. The summed E-state index contributed by atoms with van der Waals surface area (Å²) < 4.78 is 2.06. The predicted octanol–water partition coefficient (Wildman–Crippen LogP) is 6.43. The van der Waals surface area contributed by atoms with Gasteiger partial charge in [0.1, 0.15) is 5.82 Å². The molecule has 0 unspecified atom stereocenters. The fourth-order valence-electron chi connectivity index (χ4n) is 4.03. The van der Waals surface area contributed by atoms with E-state index in [1.165, 1.54) is 17.2 Å². The Morgan fingerprint density at radius 3 is 2.00 bits per heavy atom. The first kappa shape index (κ1) is 22.0. The number of aromatic nitrogens is 2. The molecule has 4 aromatic rings. The second kappa shape index (κ2) is 10.4. The van der Waals surface area contributed by atoms with E-state index < -0.39 is 5.78 Å². The Morgan fingerprint density at radius 2 is 1.45 bits per heavy atom. The topological polar surface area (TPSA) is 55.1 Å². The third kappa shape index (κ3) is 5.18. The van der Waals surface area contributed by atoms with Crippen LogP contribution in [0.3, 0.4) is 0 Å². The molecule has 1 heterocycles. The van der Waals surface area contributed by atoms with Gasteiger partial charge in [0.25, 0.3) is 0 Å². The fourth-order valence-corrected chi connectivity index (χ4v) is 4.03. The van der Waals surface area contributed by atoms with Crippen LogP contribution in [-0.2, 0) is 11.3 Å². The van der Waals surface area contributed by atoms with E-state index in [4.69, 9.17) is 0 Å². The predicted molar refractivity (Wildman–Crippen MR) is 133 cm³/mol. The summed E-state index contributed by atoms with van der Waals surface area (Å²) >= 11 is 0. The van der Waals surface area contributed by atoms with Gasteiger partial charge in [0.15, 0.2) is 5.76 Å². The van der Waals surface area contributed by atoms with Crippen molar-refractivity contribution in [3.05, 3.63) is 133 Å². The molecular weight excluding hydrogens is 408 g/mol. The van der Waals surface area contributed by atoms with Gasteiger partial charge in [-0.3, -0.25) is 4.79 Å². The summed E-state index contributed by atoms with van der Waals surface area (Å²) in [5.41, 5.74) is 4.44. The number of allylic oxidation sites excluding steroid dienone is 1. The minimum Gasteiger partial charge on any atom is -0.504 e. The molecule has 0 saturated heterocycles. The standard InChI is InChI=1S/C29H26N2O2/c1-2-27(32)28(33)20-29-30-21-26(24-16-10-5-11-17-24)31(29)19-18-25(22-12-6-3-7-13-22)23-14-8-4-9-15-23/h2-17,20-21,25,33H,1,18-19H2/b28-20-. The summed E-state index contributed by atoms with van der Waals surface area (Å²) in [6.45, 7) is 4.10. The van der Waals surface area contributed by atoms with Crippen molar-refractivity contribution < 1.29 is 9.90 Å². The van der Waals surface area contributed by atoms with Crippen molar-refractivity contribution in [3.63, 3.8) is 0 Å². The van der Waals surface area contributed by atoms with Gasteiger partial charge in [0, 0.05) is 18.5 Å². The SMILES string of the molecule is C=CC(=O)/C(O)=C/c1ncc(-c2ccccc2)n1CCC(c1ccccc1)c1ccccc1. The van der Waals surface area contributed by atoms with Crippen molar-refractivity contribution >= 4 is 11.9 Å². The van der Waals surface area contributed by atoms with Gasteiger partial charge in [0.05, 0.1) is 11.9 Å². The molecule has 4 nitrogen and oxygen atoms in total. The van der Waals surface area contributed by atoms with Crippen LogP contribution in [0.25, 0.3) is 17.3 Å². The zero-order valence-electron chi connectivity index (χ0n) is 18.3. The second-order valence-electron chi connectivity index (χ2n) is 7.78. The van der Waals surface area contributed by atoms with Crippen molar-refractivity contribution in [2.45, 2.75) is 18.9 Å². The van der Waals surface area contributed by atoms with Crippen LogP contribution in [0.15, 0.2) is 116 Å². The van der Waals surface area contributed by atoms with Crippen LogP contribution < -0.4 is 0 Å². The van der Waals surface area contributed by atoms with Gasteiger partial charge < -0.3 is 9.67 Å². The number of aliphatic hydroxyl groups is 1. The monoisotopic (exact) mass is 434 g/mol. The maximum absolute atomic E-state index is 11.9. The van der Waals surface area contributed by atoms with Crippen molar-refractivity contribution in [2.24, 2.45) is 0 Å². The van der Waals surface area contributed by atoms with Crippen molar-refractivity contribution in [1.82, 2.24) is 9.55 Å². The zero-order valence-corrected chi connectivity index (χ0v) is 18.3. The quantitative estimate of drug-likeness (QED) is 0.244. The number of rotatable bonds is 9. The van der Waals surface area contributed by atoms with Gasteiger partial charge in [-0.2, -0.15) is 0 Å². The van der Waals surface area contributed by atoms with Crippen LogP contribution >= 0.6 is 0 Å². The van der Waals surface area contributed by atoms with E-state index in [1.54, 1.807) is 6.20 Å². The van der Waals surface area contributed by atoms with Gasteiger partial charge in [-0.15, -0.1) is 0 Å². The molecule has 4 rings (SSSR count). The van der Waals surface area contributed by atoms with Gasteiger partial charge in [-0.1, -0.05) is 97.6 Å². The maximum atomic E-state index is 11.9. The van der Waals surface area contributed by atoms with Gasteiger partial charge in [-0.25, -0.2) is 4.98 Å². The molecule has 0 amide bonds. The number of carbonyl (C=O) groups excluding carboxylic acids is 1. The number of nitrogens with zero attached hydrogens (tertiary/aromatic N) is 2. The number of ketones is 1. The Morgan fingerprint density at radius 1 is 0.909 bits per heavy atom. The van der Waals surface area contributed by atoms with Crippen LogP contribution in [-0.4, -0.2) is 20.4 Å². The lowest BCUT2D eigenvalue weighted by Gasteiger charge is -2.20. The lowest BCUT2D eigenvalue weighted by atomic mass is 9.88. The highest BCUT2D eigenvalue weighted by molar-refractivity contribution is 6.04. The Kier molecular flexibility index (Phi) is 6.96. The highest BCUT2D eigenvalue weighted by Gasteiger charge is 2.18. The Hall–Kier alpha value is -4.18. The number of hydrogen-bond acceptors (Lipinski definition) is 3. The molecule has 0 bridgehead atoms. The summed E-state index contributed by atoms with van der Waals surface area (Å²) in [7, 11) is 0. The molecule has 4 heteroatoms. The Balaban J connectivity index is 1.73. The molecule has 0 atom stereocenters. The summed E-state index contributed by atoms with van der Waals surface area (Å²) in [5, 5.41) is 10.2. The molecule has 0 saturated carbocycles. The molecule has 164 valence electrons. The van der Waals surface area contributed by atoms with Crippen LogP contribution in [0, 0.1) is 0 Å². The minimum atomic E-state index is -0.530. The smallest absolute Gasteiger partial charge is 0.219 e. The number of carbonyl (C=O) groups is 1. The summed E-state index contributed by atoms with van der Waals surface area (Å²) in [5.74, 6) is -0.184. The third-order valence-corrected chi connectivity index (χ3v) is 5.70. The van der Waals surface area contributed by atoms with E-state index in [0.717, 1.165) is 23.8 Å². The second-order valence-corrected chi connectivity index (χ2v) is 7.78. The first-order chi connectivity index (χ1) is 16.2. The number of benzene rings is 3. The van der Waals surface area contributed by atoms with Crippen LogP contribution in [0.1, 0.15) is 29.3 Å². The van der Waals surface area contributed by atoms with E-state index in [0.29, 0.717) is 12.4 Å². The van der Waals surface area contributed by atoms with Gasteiger partial charge in [0.2, 0.25) is 5.78 Å². The largest absolute Gasteiger partial charge is 0.504 e. The van der Waals surface area contributed by atoms with Crippen molar-refractivity contribution in [3.8, 4) is 11.3 Å². The fraction of sp³-hybridized carbons (Fsp3) is 0.103. The number of imidazole rings is 1. The molecule has 0 aliphatic rings. The summed E-state index contributed by atoms with van der Waals surface area (Å²) in [4.78, 5) is 16.4. The molecule has 33 heavy (non-hydrogen) atoms. The zero-order chi connectivity index (χ0) is 23.0. The van der Waals surface area contributed by atoms with Crippen LogP contribution in [0.4, 0.5) is 0 Å². The molecule has 0 fully saturated rings. The lowest BCUT2D eigenvalue weighted by Crippen LogP contribution is -2.10. The Bertz CT molecular complexity index is 1200. The van der Waals surface area contributed by atoms with E-state index >= 15 is 0 Å². The van der Waals surface area contributed by atoms with E-state index in [-0.39, 0.29) is 11.7 Å². The molecule has 0 spiro atoms. The summed E-state index contributed by atoms with van der Waals surface area (Å²) in [6.07, 6.45) is 5.11. The normalized spacial score (nSPS) is 11.5. The molecule has 1 N–H and O–H groups in total. The highest BCUT2D eigenvalue weighted by Crippen LogP contribution is 2.30. The lowest BCUT2D eigenvalue weighted by molar-refractivity contribution is -0.113. The molecule has 0 aliphatic carbocycles. The van der Waals surface area contributed by atoms with Gasteiger partial charge in [-0.05, 0) is 29.2 Å². The molecule has 3 aromatic carbocycles. The van der Waals surface area contributed by atoms with E-state index in [1.807, 2.05) is 42.5 Å². The summed E-state index contributed by atoms with van der Waals surface area (Å²) in [6, 6.07) is 30.9. The average molecular weight is 435 g/mol. The Labute approximate surface area is 194 Å². The molecule has 1 aromatic heterocycles. The third-order valence-electron chi connectivity index (χ3n) is 5.70. The van der Waals surface area contributed by atoms with Crippen molar-refractivity contribution in [2.75, 3.05) is 0 Å². The van der Waals surface area contributed by atoms with Gasteiger partial charge >= 0.3 is 0 Å². The van der Waals surface area contributed by atoms with E-state index in [2.05, 4.69) is 64.7 Å². The van der Waals surface area contributed by atoms with Crippen molar-refractivity contribution in [1.29, 1.82) is 0 Å². The molecule has 0 aliphatic heterocycles. The van der Waals surface area contributed by atoms with E-state index in [9.17, 15) is 9.90 Å². The number of hydrogen-bond donors (Lipinski definition) is 1.